The van der Waals surface area contributed by atoms with Gasteiger partial charge in [-0.25, -0.2) is 8.42 Å². The van der Waals surface area contributed by atoms with Crippen molar-refractivity contribution in [1.29, 1.82) is 0 Å². The molecule has 2 aromatic rings. The van der Waals surface area contributed by atoms with Gasteiger partial charge in [0.25, 0.3) is 15.9 Å². The Morgan fingerprint density at radius 1 is 1.11 bits per heavy atom. The lowest BCUT2D eigenvalue weighted by molar-refractivity contribution is -0.127. The van der Waals surface area contributed by atoms with Crippen LogP contribution in [0.2, 0.25) is 0 Å². The summed E-state index contributed by atoms with van der Waals surface area (Å²) in [5.74, 6) is -0.290. The Labute approximate surface area is 162 Å². The van der Waals surface area contributed by atoms with E-state index in [2.05, 4.69) is 10.6 Å². The number of nitrogens with zero attached hydrogens (tertiary/aromatic N) is 1. The number of amides is 2. The van der Waals surface area contributed by atoms with Crippen LogP contribution in [0.25, 0.3) is 0 Å². The van der Waals surface area contributed by atoms with Crippen LogP contribution in [-0.2, 0) is 19.6 Å². The Bertz CT molecular complexity index is 864. The highest BCUT2D eigenvalue weighted by Gasteiger charge is 2.22. The van der Waals surface area contributed by atoms with Gasteiger partial charge >= 0.3 is 0 Å². The molecule has 2 rings (SSSR count). The summed E-state index contributed by atoms with van der Waals surface area (Å²) in [6.45, 7) is 1.92. The minimum absolute atomic E-state index is 0.111. The van der Waals surface area contributed by atoms with Crippen molar-refractivity contribution in [2.75, 3.05) is 31.0 Å². The van der Waals surface area contributed by atoms with E-state index >= 15 is 0 Å². The number of likely N-dealkylation sites (N-methyl/N-ethyl adjacent to an activating group) is 1. The molecule has 1 aromatic carbocycles. The first-order chi connectivity index (χ1) is 12.8. The monoisotopic (exact) mass is 411 g/mol. The first-order valence-corrected chi connectivity index (χ1v) is 10.4. The number of anilines is 1. The first-order valence-electron chi connectivity index (χ1n) is 8.13. The molecule has 0 saturated carbocycles. The molecular weight excluding hydrogens is 390 g/mol. The van der Waals surface area contributed by atoms with E-state index in [1.807, 2.05) is 0 Å². The summed E-state index contributed by atoms with van der Waals surface area (Å²) in [4.78, 5) is 22.9. The van der Waals surface area contributed by atoms with Gasteiger partial charge in [0, 0.05) is 13.6 Å². The number of benzene rings is 1. The minimum Gasteiger partial charge on any atom is -0.484 e. The normalized spacial score (nSPS) is 10.9. The van der Waals surface area contributed by atoms with E-state index in [0.717, 1.165) is 11.3 Å². The van der Waals surface area contributed by atoms with Gasteiger partial charge in [-0.3, -0.25) is 13.9 Å². The Hall–Kier alpha value is -2.59. The molecule has 2 N–H and O–H groups in total. The van der Waals surface area contributed by atoms with Crippen LogP contribution in [-0.4, -0.2) is 47.0 Å². The number of carbonyl (C=O) groups is 2. The van der Waals surface area contributed by atoms with Crippen LogP contribution in [0, 0.1) is 0 Å². The molecule has 2 amide bonds. The van der Waals surface area contributed by atoms with Gasteiger partial charge in [0.05, 0.1) is 12.2 Å². The van der Waals surface area contributed by atoms with Gasteiger partial charge in [-0.05, 0) is 42.6 Å². The molecule has 0 aliphatic rings. The Balaban J connectivity index is 1.90. The summed E-state index contributed by atoms with van der Waals surface area (Å²) in [5, 5.41) is 6.71. The van der Waals surface area contributed by atoms with Crippen molar-refractivity contribution in [2.24, 2.45) is 0 Å². The molecule has 27 heavy (non-hydrogen) atoms. The third-order valence-corrected chi connectivity index (χ3v) is 6.66. The smallest absolute Gasteiger partial charge is 0.273 e. The van der Waals surface area contributed by atoms with Crippen LogP contribution < -0.4 is 19.7 Å². The fraction of sp³-hybridized carbons (Fsp3) is 0.294. The molecule has 0 fully saturated rings. The van der Waals surface area contributed by atoms with Crippen molar-refractivity contribution in [3.8, 4) is 5.75 Å². The molecule has 0 radical (unpaired) electrons. The average Bonchev–Trinajstić information content (AvgIpc) is 3.20. The maximum Gasteiger partial charge on any atom is 0.273 e. The highest BCUT2D eigenvalue weighted by Crippen LogP contribution is 2.26. The summed E-state index contributed by atoms with van der Waals surface area (Å²) >= 11 is 1.15. The lowest BCUT2D eigenvalue weighted by atomic mass is 10.3. The number of rotatable bonds is 9. The molecule has 8 nitrogen and oxygen atoms in total. The fourth-order valence-corrected chi connectivity index (χ4v) is 4.43. The van der Waals surface area contributed by atoms with Crippen LogP contribution >= 0.6 is 11.3 Å². The van der Waals surface area contributed by atoms with Crippen molar-refractivity contribution in [3.63, 3.8) is 0 Å². The van der Waals surface area contributed by atoms with Crippen molar-refractivity contribution in [2.45, 2.75) is 11.1 Å². The summed E-state index contributed by atoms with van der Waals surface area (Å²) in [6.07, 6.45) is 0. The zero-order valence-corrected chi connectivity index (χ0v) is 16.6. The van der Waals surface area contributed by atoms with Gasteiger partial charge in [-0.15, -0.1) is 11.3 Å². The zero-order valence-electron chi connectivity index (χ0n) is 15.0. The Kier molecular flexibility index (Phi) is 7.19. The predicted octanol–water partition coefficient (Wildman–Crippen LogP) is 1.20. The largest absolute Gasteiger partial charge is 0.484 e. The van der Waals surface area contributed by atoms with Gasteiger partial charge in [-0.2, -0.15) is 0 Å². The molecule has 0 saturated heterocycles. The third kappa shape index (κ3) is 5.69. The Morgan fingerprint density at radius 3 is 2.41 bits per heavy atom. The molecule has 1 heterocycles. The molecule has 0 aliphatic heterocycles. The van der Waals surface area contributed by atoms with Crippen molar-refractivity contribution >= 4 is 38.9 Å². The molecule has 0 bridgehead atoms. The molecule has 146 valence electrons. The SMILES string of the molecule is CCNC(=O)CNC(=O)COc1ccc(N(C)S(=O)(=O)c2cccs2)cc1. The van der Waals surface area contributed by atoms with Crippen LogP contribution in [0.1, 0.15) is 6.92 Å². The second-order valence-electron chi connectivity index (χ2n) is 5.42. The van der Waals surface area contributed by atoms with E-state index < -0.39 is 15.9 Å². The highest BCUT2D eigenvalue weighted by atomic mass is 32.2. The van der Waals surface area contributed by atoms with Crippen molar-refractivity contribution < 1.29 is 22.7 Å². The number of ether oxygens (including phenoxy) is 1. The predicted molar refractivity (Wildman–Crippen MR) is 104 cm³/mol. The number of hydrogen-bond donors (Lipinski definition) is 2. The second kappa shape index (κ2) is 9.38. The molecule has 0 atom stereocenters. The van der Waals surface area contributed by atoms with Gasteiger partial charge in [0.1, 0.15) is 9.96 Å². The number of hydrogen-bond acceptors (Lipinski definition) is 6. The average molecular weight is 412 g/mol. The van der Waals surface area contributed by atoms with Gasteiger partial charge < -0.3 is 15.4 Å². The number of carbonyl (C=O) groups excluding carboxylic acids is 2. The van der Waals surface area contributed by atoms with Crippen LogP contribution in [0.5, 0.6) is 5.75 Å². The van der Waals surface area contributed by atoms with E-state index in [1.54, 1.807) is 48.7 Å². The van der Waals surface area contributed by atoms with Crippen molar-refractivity contribution in [1.82, 2.24) is 10.6 Å². The van der Waals surface area contributed by atoms with E-state index in [9.17, 15) is 18.0 Å². The topological polar surface area (TPSA) is 105 Å². The molecule has 0 spiro atoms. The van der Waals surface area contributed by atoms with Gasteiger partial charge in [0.2, 0.25) is 5.91 Å². The maximum absolute atomic E-state index is 12.5. The summed E-state index contributed by atoms with van der Waals surface area (Å²) in [6, 6.07) is 9.56. The summed E-state index contributed by atoms with van der Waals surface area (Å²) in [7, 11) is -2.13. The first kappa shape index (κ1) is 20.7. The highest BCUT2D eigenvalue weighted by molar-refractivity contribution is 7.94. The lowest BCUT2D eigenvalue weighted by Gasteiger charge is -2.18. The lowest BCUT2D eigenvalue weighted by Crippen LogP contribution is -2.38. The molecule has 0 unspecified atom stereocenters. The molecule has 0 aliphatic carbocycles. The van der Waals surface area contributed by atoms with Crippen LogP contribution in [0.3, 0.4) is 0 Å². The number of thiophene rings is 1. The standard InChI is InChI=1S/C17H21N3O5S2/c1-3-18-15(21)11-19-16(22)12-25-14-8-6-13(7-9-14)20(2)27(23,24)17-5-4-10-26-17/h4-10H,3,11-12H2,1-2H3,(H,18,21)(H,19,22). The van der Waals surface area contributed by atoms with E-state index in [-0.39, 0.29) is 23.3 Å². The van der Waals surface area contributed by atoms with E-state index in [1.165, 1.54) is 11.4 Å². The molecule has 10 heteroatoms. The number of nitrogens with one attached hydrogen (secondary N) is 2. The van der Waals surface area contributed by atoms with E-state index in [0.29, 0.717) is 18.0 Å². The third-order valence-electron chi connectivity index (χ3n) is 3.50. The van der Waals surface area contributed by atoms with Crippen molar-refractivity contribution in [3.05, 3.63) is 41.8 Å². The van der Waals surface area contributed by atoms with Crippen LogP contribution in [0.15, 0.2) is 46.0 Å². The molecule has 1 aromatic heterocycles. The van der Waals surface area contributed by atoms with E-state index in [4.69, 9.17) is 4.74 Å². The zero-order chi connectivity index (χ0) is 19.9. The minimum atomic E-state index is -3.60. The fourth-order valence-electron chi connectivity index (χ4n) is 2.07. The molecular formula is C17H21N3O5S2. The van der Waals surface area contributed by atoms with Gasteiger partial charge in [-0.1, -0.05) is 6.07 Å². The van der Waals surface area contributed by atoms with Gasteiger partial charge in [0.15, 0.2) is 6.61 Å². The summed E-state index contributed by atoms with van der Waals surface area (Å²) in [5.41, 5.74) is 0.469. The second-order valence-corrected chi connectivity index (χ2v) is 8.56. The maximum atomic E-state index is 12.5. The summed E-state index contributed by atoms with van der Waals surface area (Å²) < 4.78 is 31.8. The Morgan fingerprint density at radius 2 is 1.81 bits per heavy atom. The quantitative estimate of drug-likeness (QED) is 0.645. The number of sulfonamides is 1. The van der Waals surface area contributed by atoms with Crippen LogP contribution in [0.4, 0.5) is 5.69 Å².